The minimum Gasteiger partial charge on any atom is -0.354 e. The smallest absolute Gasteiger partial charge is 0.237 e. The molecule has 0 radical (unpaired) electrons. The van der Waals surface area contributed by atoms with Crippen LogP contribution in [0.25, 0.3) is 0 Å². The van der Waals surface area contributed by atoms with Gasteiger partial charge in [-0.3, -0.25) is 9.59 Å². The largest absolute Gasteiger partial charge is 0.354 e. The van der Waals surface area contributed by atoms with Crippen molar-refractivity contribution < 1.29 is 9.59 Å². The summed E-state index contributed by atoms with van der Waals surface area (Å²) < 4.78 is 0. The normalized spacial score (nSPS) is 27.1. The number of piperidine rings is 2. The van der Waals surface area contributed by atoms with Gasteiger partial charge in [-0.25, -0.2) is 0 Å². The molecule has 2 fully saturated rings. The third kappa shape index (κ3) is 4.20. The van der Waals surface area contributed by atoms with Crippen molar-refractivity contribution in [2.45, 2.75) is 51.5 Å². The molecule has 2 aliphatic heterocycles. The third-order valence-electron chi connectivity index (χ3n) is 4.40. The van der Waals surface area contributed by atoms with E-state index >= 15 is 0 Å². The molecule has 114 valence electrons. The van der Waals surface area contributed by atoms with E-state index in [4.69, 9.17) is 0 Å². The first kappa shape index (κ1) is 15.3. The van der Waals surface area contributed by atoms with Crippen molar-refractivity contribution in [2.75, 3.05) is 26.2 Å². The van der Waals surface area contributed by atoms with E-state index in [1.807, 2.05) is 4.90 Å². The third-order valence-corrected chi connectivity index (χ3v) is 4.40. The van der Waals surface area contributed by atoms with Crippen LogP contribution in [-0.2, 0) is 9.59 Å². The van der Waals surface area contributed by atoms with Crippen LogP contribution in [0.2, 0.25) is 0 Å². The predicted molar refractivity (Wildman–Crippen MR) is 78.2 cm³/mol. The summed E-state index contributed by atoms with van der Waals surface area (Å²) in [6.45, 7) is 5.24. The summed E-state index contributed by atoms with van der Waals surface area (Å²) in [7, 11) is 0. The number of amides is 2. The van der Waals surface area contributed by atoms with Crippen molar-refractivity contribution in [3.8, 4) is 0 Å². The fraction of sp³-hybridized carbons (Fsp3) is 0.867. The Balaban J connectivity index is 1.66. The van der Waals surface area contributed by atoms with E-state index in [9.17, 15) is 9.59 Å². The number of carbonyl (C=O) groups is 2. The van der Waals surface area contributed by atoms with Gasteiger partial charge in [0.25, 0.3) is 0 Å². The highest BCUT2D eigenvalue weighted by Gasteiger charge is 2.27. The Morgan fingerprint density at radius 1 is 1.20 bits per heavy atom. The van der Waals surface area contributed by atoms with Crippen LogP contribution in [0.15, 0.2) is 0 Å². The molecule has 0 aromatic rings. The van der Waals surface area contributed by atoms with E-state index in [0.717, 1.165) is 45.3 Å². The maximum absolute atomic E-state index is 12.1. The quantitative estimate of drug-likeness (QED) is 0.804. The second-order valence-corrected chi connectivity index (χ2v) is 6.03. The molecular formula is C15H27N3O2. The Labute approximate surface area is 121 Å². The molecule has 0 aliphatic carbocycles. The number of nitrogens with one attached hydrogen (secondary N) is 2. The van der Waals surface area contributed by atoms with Gasteiger partial charge < -0.3 is 15.5 Å². The summed E-state index contributed by atoms with van der Waals surface area (Å²) in [4.78, 5) is 26.0. The fourth-order valence-corrected chi connectivity index (χ4v) is 3.10. The van der Waals surface area contributed by atoms with E-state index < -0.39 is 0 Å². The maximum atomic E-state index is 12.1. The molecule has 5 heteroatoms. The molecule has 2 rings (SSSR count). The van der Waals surface area contributed by atoms with Gasteiger partial charge in [-0.05, 0) is 44.6 Å². The lowest BCUT2D eigenvalue weighted by atomic mass is 9.92. The zero-order chi connectivity index (χ0) is 14.4. The molecule has 2 N–H and O–H groups in total. The van der Waals surface area contributed by atoms with Crippen molar-refractivity contribution in [1.29, 1.82) is 0 Å². The van der Waals surface area contributed by atoms with Gasteiger partial charge >= 0.3 is 0 Å². The second-order valence-electron chi connectivity index (χ2n) is 6.03. The molecule has 2 amide bonds. The summed E-state index contributed by atoms with van der Waals surface area (Å²) in [6.07, 6.45) is 6.11. The average Bonchev–Trinajstić information content (AvgIpc) is 2.48. The lowest BCUT2D eigenvalue weighted by Crippen LogP contribution is -2.51. The fourth-order valence-electron chi connectivity index (χ4n) is 3.10. The van der Waals surface area contributed by atoms with Crippen LogP contribution < -0.4 is 10.6 Å². The Morgan fingerprint density at radius 3 is 2.65 bits per heavy atom. The van der Waals surface area contributed by atoms with Crippen molar-refractivity contribution in [2.24, 2.45) is 5.92 Å². The molecule has 0 saturated carbocycles. The first-order valence-electron chi connectivity index (χ1n) is 7.97. The number of rotatable bonds is 4. The molecule has 2 heterocycles. The molecule has 2 aliphatic rings. The number of carbonyl (C=O) groups excluding carboxylic acids is 2. The molecule has 20 heavy (non-hydrogen) atoms. The van der Waals surface area contributed by atoms with Gasteiger partial charge in [0, 0.05) is 26.1 Å². The number of hydrogen-bond donors (Lipinski definition) is 2. The summed E-state index contributed by atoms with van der Waals surface area (Å²) in [6, 6.07) is -0.0890. The van der Waals surface area contributed by atoms with E-state index in [2.05, 4.69) is 17.6 Å². The van der Waals surface area contributed by atoms with Crippen molar-refractivity contribution >= 4 is 11.8 Å². The van der Waals surface area contributed by atoms with Crippen LogP contribution >= 0.6 is 0 Å². The maximum Gasteiger partial charge on any atom is 0.237 e. The molecule has 0 bridgehead atoms. The summed E-state index contributed by atoms with van der Waals surface area (Å²) in [5, 5.41) is 6.17. The number of nitrogens with zero attached hydrogens (tertiary/aromatic N) is 1. The Bertz CT molecular complexity index is 340. The van der Waals surface area contributed by atoms with Crippen molar-refractivity contribution in [1.82, 2.24) is 15.5 Å². The van der Waals surface area contributed by atoms with Crippen LogP contribution in [0.5, 0.6) is 0 Å². The lowest BCUT2D eigenvalue weighted by Gasteiger charge is -2.29. The van der Waals surface area contributed by atoms with Crippen molar-refractivity contribution in [3.05, 3.63) is 0 Å². The standard InChI is InChI=1S/C15H27N3O2/c1-12-6-5-8-16-14(12)15(20)17-9-7-13(19)18-10-3-2-4-11-18/h12,14,16H,2-11H2,1H3,(H,17,20). The molecule has 0 aromatic heterocycles. The predicted octanol–water partition coefficient (Wildman–Crippen LogP) is 0.893. The highest BCUT2D eigenvalue weighted by atomic mass is 16.2. The summed E-state index contributed by atoms with van der Waals surface area (Å²) in [5.41, 5.74) is 0. The SMILES string of the molecule is CC1CCCNC1C(=O)NCCC(=O)N1CCCCC1. The highest BCUT2D eigenvalue weighted by molar-refractivity contribution is 5.83. The highest BCUT2D eigenvalue weighted by Crippen LogP contribution is 2.15. The zero-order valence-corrected chi connectivity index (χ0v) is 12.5. The molecule has 5 nitrogen and oxygen atoms in total. The topological polar surface area (TPSA) is 61.4 Å². The van der Waals surface area contributed by atoms with Crippen LogP contribution in [0.3, 0.4) is 0 Å². The van der Waals surface area contributed by atoms with Crippen LogP contribution in [-0.4, -0.2) is 48.9 Å². The van der Waals surface area contributed by atoms with Gasteiger partial charge in [-0.15, -0.1) is 0 Å². The van der Waals surface area contributed by atoms with Gasteiger partial charge in [0.1, 0.15) is 0 Å². The van der Waals surface area contributed by atoms with E-state index in [0.29, 0.717) is 18.9 Å². The van der Waals surface area contributed by atoms with E-state index in [1.54, 1.807) is 0 Å². The summed E-state index contributed by atoms with van der Waals surface area (Å²) in [5.74, 6) is 0.597. The number of hydrogen-bond acceptors (Lipinski definition) is 3. The van der Waals surface area contributed by atoms with Crippen LogP contribution in [0.1, 0.15) is 45.4 Å². The Morgan fingerprint density at radius 2 is 1.95 bits per heavy atom. The van der Waals surface area contributed by atoms with E-state index in [1.165, 1.54) is 6.42 Å². The first-order valence-corrected chi connectivity index (χ1v) is 7.97. The minimum absolute atomic E-state index is 0.0450. The Kier molecular flexibility index (Phi) is 5.83. The average molecular weight is 281 g/mol. The zero-order valence-electron chi connectivity index (χ0n) is 12.5. The van der Waals surface area contributed by atoms with Gasteiger partial charge in [0.2, 0.25) is 11.8 Å². The molecule has 2 saturated heterocycles. The van der Waals surface area contributed by atoms with Crippen LogP contribution in [0.4, 0.5) is 0 Å². The molecule has 0 aromatic carbocycles. The Hall–Kier alpha value is -1.10. The molecule has 2 atom stereocenters. The monoisotopic (exact) mass is 281 g/mol. The van der Waals surface area contributed by atoms with Gasteiger partial charge in [-0.2, -0.15) is 0 Å². The van der Waals surface area contributed by atoms with Crippen molar-refractivity contribution in [3.63, 3.8) is 0 Å². The molecule has 0 spiro atoms. The van der Waals surface area contributed by atoms with Gasteiger partial charge in [-0.1, -0.05) is 6.92 Å². The first-order chi connectivity index (χ1) is 9.68. The van der Waals surface area contributed by atoms with Gasteiger partial charge in [0.15, 0.2) is 0 Å². The van der Waals surface area contributed by atoms with Gasteiger partial charge in [0.05, 0.1) is 6.04 Å². The van der Waals surface area contributed by atoms with Crippen LogP contribution in [0, 0.1) is 5.92 Å². The van der Waals surface area contributed by atoms with E-state index in [-0.39, 0.29) is 17.9 Å². The minimum atomic E-state index is -0.0890. The molecule has 2 unspecified atom stereocenters. The second kappa shape index (κ2) is 7.62. The number of likely N-dealkylation sites (tertiary alicyclic amines) is 1. The lowest BCUT2D eigenvalue weighted by molar-refractivity contribution is -0.132. The summed E-state index contributed by atoms with van der Waals surface area (Å²) >= 11 is 0. The molecular weight excluding hydrogens is 254 g/mol.